The van der Waals surface area contributed by atoms with Gasteiger partial charge in [-0.1, -0.05) is 153 Å². The first kappa shape index (κ1) is 79.0. The molecule has 4 fully saturated rings. The molecule has 4 aliphatic carbocycles. The second-order valence-corrected chi connectivity index (χ2v) is 30.0. The molecule has 33 heteroatoms. The quantitative estimate of drug-likeness (QED) is 0.0488. The molecule has 8 aromatic heterocycles. The number of hydrogen-bond donors (Lipinski definition) is 9. The Labute approximate surface area is 677 Å². The van der Waals surface area contributed by atoms with Gasteiger partial charge < -0.3 is 26.8 Å². The van der Waals surface area contributed by atoms with E-state index in [1.165, 1.54) is 20.3 Å². The summed E-state index contributed by atoms with van der Waals surface area (Å²) in [6.07, 6.45) is 12.6. The number of anilines is 4. The number of hydrogen-bond acceptors (Lipinski definition) is 21. The largest absolute Gasteiger partial charge is 0.475 e. The van der Waals surface area contributed by atoms with Gasteiger partial charge in [-0.05, 0) is 142 Å². The molecule has 12 atom stereocenters. The second kappa shape index (κ2) is 34.1. The topological polar surface area (TPSA) is 450 Å². The predicted molar refractivity (Wildman–Crippen MR) is 432 cm³/mol. The van der Waals surface area contributed by atoms with Crippen LogP contribution in [0.4, 0.5) is 23.3 Å². The molecule has 4 unspecified atom stereocenters. The summed E-state index contributed by atoms with van der Waals surface area (Å²) in [5, 5.41) is 43.9. The van der Waals surface area contributed by atoms with E-state index in [4.69, 9.17) is 10.8 Å². The van der Waals surface area contributed by atoms with Crippen LogP contribution in [0.3, 0.4) is 0 Å². The summed E-state index contributed by atoms with van der Waals surface area (Å²) >= 11 is 0. The van der Waals surface area contributed by atoms with E-state index in [1.807, 2.05) is 164 Å². The summed E-state index contributed by atoms with van der Waals surface area (Å²) < 4.78 is 0. The molecular formula is C85H86N24O9. The molecule has 4 aromatic carbocycles. The van der Waals surface area contributed by atoms with Gasteiger partial charge in [0.05, 0.1) is 6.04 Å². The van der Waals surface area contributed by atoms with Crippen LogP contribution in [-0.4, -0.2) is 185 Å². The Morgan fingerprint density at radius 3 is 0.881 bits per heavy atom. The Hall–Kier alpha value is -14.2. The number of carbonyl (C=O) groups is 8. The van der Waals surface area contributed by atoms with Crippen molar-refractivity contribution in [2.24, 2.45) is 29.4 Å². The van der Waals surface area contributed by atoms with E-state index in [2.05, 4.69) is 103 Å². The van der Waals surface area contributed by atoms with Gasteiger partial charge in [0, 0.05) is 78.7 Å². The molecule has 4 saturated carbocycles. The van der Waals surface area contributed by atoms with Crippen molar-refractivity contribution in [2.45, 2.75) is 107 Å². The highest BCUT2D eigenvalue weighted by atomic mass is 16.4. The zero-order valence-corrected chi connectivity index (χ0v) is 64.0. The number of aromatic amines is 4. The van der Waals surface area contributed by atoms with Gasteiger partial charge in [0.25, 0.3) is 41.3 Å². The number of carboxylic acids is 1. The van der Waals surface area contributed by atoms with Crippen LogP contribution in [0.25, 0.3) is 0 Å². The number of amides is 7. The lowest BCUT2D eigenvalue weighted by Crippen LogP contribution is -2.48. The second-order valence-electron chi connectivity index (χ2n) is 30.0. The van der Waals surface area contributed by atoms with Gasteiger partial charge in [0.1, 0.15) is 64.7 Å². The molecule has 0 radical (unpaired) electrons. The number of benzene rings is 4. The number of likely N-dealkylation sites (N-methyl/N-ethyl adjacent to an activating group) is 4. The number of carbonyl (C=O) groups excluding carboxylic acids is 7. The Kier molecular flexibility index (Phi) is 22.8. The highest BCUT2D eigenvalue weighted by Crippen LogP contribution is 2.57. The average molecular weight is 1590 g/mol. The Morgan fingerprint density at radius 1 is 0.364 bits per heavy atom. The lowest BCUT2D eigenvalue weighted by Gasteiger charge is -2.22. The third-order valence-corrected chi connectivity index (χ3v) is 22.3. The lowest BCUT2D eigenvalue weighted by atomic mass is 10.1. The SMILES string of the molecule is C.CN1C(=O)C(N)C2C[C@H]2c2cccnc21.CN1C(=O)C(NC(=O)c2n[nH]c(Cc3ccccc3)n2)C2C[C@H]2c2cccnc21.CN1C(=O)[C@@H](NC(=O)c2n[nH]c(Cc3ccccc3)n2)[C@H]2C[C@H]2c2cccnc21.CN1C(=O)[C@H](NC(=O)c2n[nH]c(Cc3ccccc3)n2)[C@@H]2C[C@@H]2c2cccnc21.O=C(O)c1n[nH]c(Cc2ccccc2)n1. The van der Waals surface area contributed by atoms with Crippen molar-refractivity contribution in [1.82, 2.24) is 96.6 Å². The normalized spacial score (nSPS) is 22.0. The molecule has 20 rings (SSSR count). The number of nitrogens with two attached hydrogens (primary N) is 1. The Balaban J connectivity index is 0.000000118. The minimum atomic E-state index is -1.12. The zero-order valence-electron chi connectivity index (χ0n) is 64.0. The molecule has 33 nitrogen and oxygen atoms in total. The van der Waals surface area contributed by atoms with E-state index in [9.17, 15) is 38.4 Å². The number of rotatable bonds is 15. The summed E-state index contributed by atoms with van der Waals surface area (Å²) in [5.41, 5.74) is 14.6. The molecule has 0 spiro atoms. The van der Waals surface area contributed by atoms with E-state index in [1.54, 1.807) is 57.9 Å². The van der Waals surface area contributed by atoms with E-state index in [-0.39, 0.29) is 95.9 Å². The van der Waals surface area contributed by atoms with Crippen molar-refractivity contribution in [2.75, 3.05) is 47.8 Å². The first-order chi connectivity index (χ1) is 56.8. The van der Waals surface area contributed by atoms with Gasteiger partial charge in [0.15, 0.2) is 0 Å². The molecule has 8 aliphatic rings. The number of nitrogens with one attached hydrogen (secondary N) is 7. The first-order valence-corrected chi connectivity index (χ1v) is 38.4. The molecule has 118 heavy (non-hydrogen) atoms. The Bertz CT molecular complexity index is 5280. The summed E-state index contributed by atoms with van der Waals surface area (Å²) in [6.45, 7) is 0. The van der Waals surface area contributed by atoms with Crippen LogP contribution in [0.2, 0.25) is 0 Å². The number of carboxylic acid groups (broad SMARTS) is 1. The molecule has 7 amide bonds. The van der Waals surface area contributed by atoms with Crippen molar-refractivity contribution in [3.8, 4) is 0 Å². The zero-order chi connectivity index (χ0) is 81.1. The summed E-state index contributed by atoms with van der Waals surface area (Å²) in [4.78, 5) is 140. The minimum Gasteiger partial charge on any atom is -0.475 e. The van der Waals surface area contributed by atoms with Crippen LogP contribution in [0.1, 0.15) is 167 Å². The van der Waals surface area contributed by atoms with Crippen LogP contribution < -0.4 is 41.3 Å². The van der Waals surface area contributed by atoms with E-state index < -0.39 is 41.8 Å². The highest BCUT2D eigenvalue weighted by Gasteiger charge is 2.56. The van der Waals surface area contributed by atoms with Crippen LogP contribution in [0.5, 0.6) is 0 Å². The summed E-state index contributed by atoms with van der Waals surface area (Å²) in [6, 6.07) is 52.6. The first-order valence-electron chi connectivity index (χ1n) is 38.4. The number of fused-ring (bicyclic) bond motifs is 12. The third-order valence-electron chi connectivity index (χ3n) is 22.3. The third kappa shape index (κ3) is 17.1. The van der Waals surface area contributed by atoms with Gasteiger partial charge in [-0.3, -0.25) is 73.6 Å². The van der Waals surface area contributed by atoms with Gasteiger partial charge in [0.2, 0.25) is 23.4 Å². The predicted octanol–water partition coefficient (Wildman–Crippen LogP) is 7.23. The molecule has 0 saturated heterocycles. The number of nitrogens with zero attached hydrogens (tertiary/aromatic N) is 16. The fourth-order valence-corrected chi connectivity index (χ4v) is 15.9. The maximum absolute atomic E-state index is 13.0. The fraction of sp³-hybridized carbons (Fsp3) is 0.294. The van der Waals surface area contributed by atoms with Crippen molar-refractivity contribution in [1.29, 1.82) is 0 Å². The summed E-state index contributed by atoms with van der Waals surface area (Å²) in [7, 11) is 6.84. The van der Waals surface area contributed by atoms with Crippen LogP contribution >= 0.6 is 0 Å². The fourth-order valence-electron chi connectivity index (χ4n) is 15.9. The maximum Gasteiger partial charge on any atom is 0.375 e. The van der Waals surface area contributed by atoms with Gasteiger partial charge in [-0.2, -0.15) is 0 Å². The smallest absolute Gasteiger partial charge is 0.375 e. The molecule has 0 bridgehead atoms. The molecule has 10 N–H and O–H groups in total. The maximum atomic E-state index is 13.0. The number of aromatic nitrogens is 16. The van der Waals surface area contributed by atoms with Crippen molar-refractivity contribution >= 4 is 70.6 Å². The van der Waals surface area contributed by atoms with Gasteiger partial charge in [-0.25, -0.2) is 44.7 Å². The molecule has 4 aliphatic heterocycles. The van der Waals surface area contributed by atoms with Crippen molar-refractivity contribution in [3.05, 3.63) is 286 Å². The number of H-pyrrole nitrogens is 4. The Morgan fingerprint density at radius 2 is 0.610 bits per heavy atom. The number of pyridine rings is 4. The van der Waals surface area contributed by atoms with Crippen LogP contribution in [0, 0.1) is 23.7 Å². The van der Waals surface area contributed by atoms with E-state index in [0.29, 0.717) is 78.3 Å². The van der Waals surface area contributed by atoms with E-state index in [0.717, 1.165) is 70.4 Å². The molecular weight excluding hydrogens is 1500 g/mol. The average Bonchev–Trinajstić information content (AvgIpc) is 1.60. The van der Waals surface area contributed by atoms with Crippen molar-refractivity contribution in [3.63, 3.8) is 0 Å². The summed E-state index contributed by atoms with van der Waals surface area (Å²) in [5.74, 6) is 3.82. The molecule has 12 aromatic rings. The van der Waals surface area contributed by atoms with Gasteiger partial charge in [-0.15, -0.1) is 20.4 Å². The van der Waals surface area contributed by atoms with Gasteiger partial charge >= 0.3 is 5.97 Å². The molecule has 12 heterocycles. The van der Waals surface area contributed by atoms with Crippen molar-refractivity contribution < 1.29 is 43.5 Å². The monoisotopic (exact) mass is 1590 g/mol. The number of aromatic carboxylic acids is 1. The van der Waals surface area contributed by atoms with E-state index >= 15 is 0 Å². The van der Waals surface area contributed by atoms with Crippen LogP contribution in [0.15, 0.2) is 195 Å². The lowest BCUT2D eigenvalue weighted by molar-refractivity contribution is -0.121. The highest BCUT2D eigenvalue weighted by molar-refractivity contribution is 6.05. The molecule has 600 valence electrons. The standard InChI is InChI=1S/3C21H20N6O2.C11H13N3O.C10H9N3O2.CH4/c3*1-27-19-13(8-5-9-22-19)14-11-15(14)17(21(27)29)24-20(28)18-23-16(25-26-18)10-12-6-3-2-4-7-12;1-14-10-6(3-2-4-13-10)7-5-8(7)9(12)11(14)15;14-10(15)9-11-8(12-13-9)6-7-4-2-1-3-5-7;/h3*2-9,14-15,17H,10-11H2,1H3,(H,24,28)(H,23,25,26);2-4,7-9H,5,12H2,1H3;1-5H,6H2,(H,14,15)(H,11,12,13);1H4/t14-,15?,17?;2*14-,15-,17-;7-,8?,9?;;/m0100../s1. The van der Waals surface area contributed by atoms with Crippen LogP contribution in [-0.2, 0) is 44.9 Å². The minimum absolute atomic E-state index is 0.